The van der Waals surface area contributed by atoms with Gasteiger partial charge in [-0.05, 0) is 60.5 Å². The van der Waals surface area contributed by atoms with E-state index in [1.807, 2.05) is 59.5 Å². The number of nitrogens with one attached hydrogen (secondary N) is 2. The van der Waals surface area contributed by atoms with E-state index < -0.39 is 5.54 Å². The topological polar surface area (TPSA) is 137 Å². The van der Waals surface area contributed by atoms with E-state index in [1.165, 1.54) is 0 Å². The molecular weight excluding hydrogens is 528 g/mol. The number of terminal acetylenes is 1. The molecule has 10 heteroatoms. The zero-order valence-electron chi connectivity index (χ0n) is 22.5. The lowest BCUT2D eigenvalue weighted by Crippen LogP contribution is -2.43. The first-order valence-electron chi connectivity index (χ1n) is 13.5. The van der Waals surface area contributed by atoms with Gasteiger partial charge in [-0.3, -0.25) is 15.2 Å². The third-order valence-electron chi connectivity index (χ3n) is 7.36. The van der Waals surface area contributed by atoms with E-state index in [0.717, 1.165) is 40.2 Å². The summed E-state index contributed by atoms with van der Waals surface area (Å²) in [6, 6.07) is 22.6. The number of amidine groups is 1. The van der Waals surface area contributed by atoms with Crippen molar-refractivity contribution in [2.45, 2.75) is 18.4 Å². The summed E-state index contributed by atoms with van der Waals surface area (Å²) in [5, 5.41) is 9.95. The monoisotopic (exact) mass is 554 g/mol. The summed E-state index contributed by atoms with van der Waals surface area (Å²) in [6.07, 6.45) is 10.5. The van der Waals surface area contributed by atoms with E-state index in [9.17, 15) is 5.11 Å². The second-order valence-electron chi connectivity index (χ2n) is 9.97. The maximum atomic E-state index is 9.95. The number of nitrogens with two attached hydrogens (primary N) is 1. The van der Waals surface area contributed by atoms with Crippen molar-refractivity contribution in [2.75, 3.05) is 17.8 Å². The highest BCUT2D eigenvalue weighted by Gasteiger charge is 2.54. The van der Waals surface area contributed by atoms with Crippen LogP contribution < -0.4 is 11.2 Å². The Hall–Kier alpha value is -5.66. The highest BCUT2D eigenvalue weighted by Crippen LogP contribution is 2.50. The molecule has 206 valence electrons. The van der Waals surface area contributed by atoms with Gasteiger partial charge in [-0.25, -0.2) is 20.0 Å². The Labute approximate surface area is 242 Å². The molecule has 0 spiro atoms. The summed E-state index contributed by atoms with van der Waals surface area (Å²) in [5.74, 6) is 4.14. The van der Waals surface area contributed by atoms with Gasteiger partial charge in [0.2, 0.25) is 5.96 Å². The molecule has 0 aliphatic carbocycles. The van der Waals surface area contributed by atoms with Gasteiger partial charge in [-0.15, -0.1) is 12.3 Å². The lowest BCUT2D eigenvalue weighted by Gasteiger charge is -2.34. The number of anilines is 2. The minimum absolute atomic E-state index is 0.152. The SMILES string of the molecule is C#CCCCONc1ccc(C2(c3[nH]c(N)nc3-c3ccc(O)cc3)N=C3N=CC=C4c5ccccc5N=C2N43)cc1. The molecule has 1 unspecified atom stereocenters. The van der Waals surface area contributed by atoms with E-state index in [0.29, 0.717) is 36.2 Å². The van der Waals surface area contributed by atoms with Gasteiger partial charge < -0.3 is 15.8 Å². The van der Waals surface area contributed by atoms with Crippen molar-refractivity contribution in [2.24, 2.45) is 15.0 Å². The predicted molar refractivity (Wildman–Crippen MR) is 164 cm³/mol. The summed E-state index contributed by atoms with van der Waals surface area (Å²) in [5.41, 5.74) is 14.4. The Morgan fingerprint density at radius 3 is 2.69 bits per heavy atom. The number of rotatable bonds is 8. The summed E-state index contributed by atoms with van der Waals surface area (Å²) < 4.78 is 0. The number of hydrogen-bond donors (Lipinski definition) is 4. The fourth-order valence-corrected chi connectivity index (χ4v) is 5.45. The van der Waals surface area contributed by atoms with Gasteiger partial charge in [0.25, 0.3) is 0 Å². The Morgan fingerprint density at radius 2 is 1.88 bits per heavy atom. The number of aliphatic imine (C=N–C) groups is 3. The maximum absolute atomic E-state index is 9.95. The zero-order valence-corrected chi connectivity index (χ0v) is 22.5. The third-order valence-corrected chi connectivity index (χ3v) is 7.36. The molecule has 7 rings (SSSR count). The van der Waals surface area contributed by atoms with Crippen LogP contribution in [0.1, 0.15) is 29.7 Å². The van der Waals surface area contributed by atoms with Crippen LogP contribution >= 0.6 is 0 Å². The number of aromatic amines is 1. The number of guanidine groups is 1. The van der Waals surface area contributed by atoms with Crippen molar-refractivity contribution in [1.29, 1.82) is 0 Å². The molecule has 0 bridgehead atoms. The van der Waals surface area contributed by atoms with Crippen molar-refractivity contribution >= 4 is 41.0 Å². The van der Waals surface area contributed by atoms with E-state index >= 15 is 0 Å². The van der Waals surface area contributed by atoms with Crippen LogP contribution in [-0.2, 0) is 10.4 Å². The van der Waals surface area contributed by atoms with Crippen LogP contribution in [0.4, 0.5) is 17.3 Å². The number of unbranched alkanes of at least 4 members (excludes halogenated alkanes) is 1. The molecule has 3 aliphatic rings. The van der Waals surface area contributed by atoms with Crippen molar-refractivity contribution in [3.8, 4) is 29.4 Å². The number of benzene rings is 3. The molecule has 42 heavy (non-hydrogen) atoms. The summed E-state index contributed by atoms with van der Waals surface area (Å²) >= 11 is 0. The van der Waals surface area contributed by atoms with Crippen LogP contribution in [0.15, 0.2) is 93.8 Å². The largest absolute Gasteiger partial charge is 0.508 e. The fourth-order valence-electron chi connectivity index (χ4n) is 5.45. The van der Waals surface area contributed by atoms with Crippen LogP contribution in [0, 0.1) is 12.3 Å². The molecule has 3 aromatic carbocycles. The first-order chi connectivity index (χ1) is 20.6. The number of H-pyrrole nitrogens is 1. The van der Waals surface area contributed by atoms with Crippen molar-refractivity contribution in [3.05, 3.63) is 95.7 Å². The number of para-hydroxylation sites is 1. The minimum Gasteiger partial charge on any atom is -0.508 e. The highest BCUT2D eigenvalue weighted by atomic mass is 16.6. The molecule has 0 saturated heterocycles. The third kappa shape index (κ3) is 4.03. The van der Waals surface area contributed by atoms with E-state index in [2.05, 4.69) is 26.4 Å². The number of imidazole rings is 1. The zero-order chi connectivity index (χ0) is 28.7. The Kier molecular flexibility index (Phi) is 6.07. The summed E-state index contributed by atoms with van der Waals surface area (Å²) in [4.78, 5) is 30.7. The molecule has 1 aromatic heterocycles. The number of aromatic hydroxyl groups is 1. The van der Waals surface area contributed by atoms with Gasteiger partial charge in [-0.1, -0.05) is 30.3 Å². The number of hydrogen-bond acceptors (Lipinski definition) is 9. The van der Waals surface area contributed by atoms with Gasteiger partial charge in [0.1, 0.15) is 5.75 Å². The molecule has 5 N–H and O–H groups in total. The second-order valence-corrected chi connectivity index (χ2v) is 9.97. The van der Waals surface area contributed by atoms with E-state index in [1.54, 1.807) is 30.5 Å². The van der Waals surface area contributed by atoms with Crippen LogP contribution in [0.25, 0.3) is 17.0 Å². The molecule has 10 nitrogen and oxygen atoms in total. The van der Waals surface area contributed by atoms with Gasteiger partial charge in [0, 0.05) is 23.8 Å². The van der Waals surface area contributed by atoms with E-state index in [4.69, 9.17) is 27.0 Å². The van der Waals surface area contributed by atoms with Gasteiger partial charge in [0.15, 0.2) is 17.3 Å². The predicted octanol–water partition coefficient (Wildman–Crippen LogP) is 5.21. The number of nitrogens with zero attached hydrogens (tertiary/aromatic N) is 5. The Balaban J connectivity index is 1.41. The average molecular weight is 555 g/mol. The number of phenols is 1. The number of nitrogen functional groups attached to an aromatic ring is 1. The van der Waals surface area contributed by atoms with Crippen LogP contribution in [0.5, 0.6) is 5.75 Å². The quantitative estimate of drug-likeness (QED) is 0.134. The summed E-state index contributed by atoms with van der Waals surface area (Å²) in [6.45, 7) is 0.491. The van der Waals surface area contributed by atoms with Crippen molar-refractivity contribution in [1.82, 2.24) is 14.9 Å². The van der Waals surface area contributed by atoms with Crippen LogP contribution in [0.2, 0.25) is 0 Å². The molecule has 0 fully saturated rings. The van der Waals surface area contributed by atoms with Crippen LogP contribution in [-0.4, -0.2) is 44.6 Å². The van der Waals surface area contributed by atoms with Gasteiger partial charge in [0.05, 0.1) is 35.1 Å². The fraction of sp³-hybridized carbons (Fsp3) is 0.125. The van der Waals surface area contributed by atoms with Crippen molar-refractivity contribution < 1.29 is 9.94 Å². The number of allylic oxidation sites excluding steroid dienone is 1. The smallest absolute Gasteiger partial charge is 0.232 e. The van der Waals surface area contributed by atoms with E-state index in [-0.39, 0.29) is 11.7 Å². The average Bonchev–Trinajstić information content (AvgIpc) is 3.57. The van der Waals surface area contributed by atoms with Gasteiger partial charge >= 0.3 is 0 Å². The molecule has 3 aliphatic heterocycles. The van der Waals surface area contributed by atoms with Crippen molar-refractivity contribution in [3.63, 3.8) is 0 Å². The molecule has 1 atom stereocenters. The molecule has 4 heterocycles. The standard InChI is InChI=1S/C32H26N8O2/c1-2-3-6-19-42-39-22-13-11-21(12-14-22)32(28-27(36-30(33)37-28)20-9-15-23(41)16-10-20)29-35-25-8-5-4-7-24(25)26-17-18-34-31(38-32)40(26)29/h1,4-5,7-18,39,41H,3,6,19H2,(H3,33,36,37). The van der Waals surface area contributed by atoms with Crippen LogP contribution in [0.3, 0.4) is 0 Å². The second kappa shape index (κ2) is 10.1. The first-order valence-corrected chi connectivity index (χ1v) is 13.5. The normalized spacial score (nSPS) is 18.0. The maximum Gasteiger partial charge on any atom is 0.232 e. The molecule has 0 saturated carbocycles. The number of aromatic nitrogens is 2. The van der Waals surface area contributed by atoms with Gasteiger partial charge in [-0.2, -0.15) is 0 Å². The highest BCUT2D eigenvalue weighted by molar-refractivity contribution is 6.24. The number of fused-ring (bicyclic) bond motifs is 2. The number of phenolic OH excluding ortho intramolecular Hbond substituents is 1. The lowest BCUT2D eigenvalue weighted by atomic mass is 9.83. The Bertz CT molecular complexity index is 1840. The summed E-state index contributed by atoms with van der Waals surface area (Å²) in [7, 11) is 0. The molecular formula is C32H26N8O2. The molecule has 0 radical (unpaired) electrons. The Morgan fingerprint density at radius 1 is 1.07 bits per heavy atom. The molecule has 4 aromatic rings. The minimum atomic E-state index is -1.19. The molecule has 0 amide bonds. The lowest BCUT2D eigenvalue weighted by molar-refractivity contribution is 0.191. The first kappa shape index (κ1) is 25.3.